The molecule has 0 saturated carbocycles. The van der Waals surface area contributed by atoms with Crippen LogP contribution in [0.2, 0.25) is 0 Å². The van der Waals surface area contributed by atoms with Gasteiger partial charge in [-0.2, -0.15) is 5.10 Å². The number of hydrogen-bond donors (Lipinski definition) is 2. The fraction of sp³-hybridized carbons (Fsp3) is 0.0333. The van der Waals surface area contributed by atoms with Crippen LogP contribution >= 0.6 is 0 Å². The number of fused-ring (bicyclic) bond motifs is 1. The van der Waals surface area contributed by atoms with Crippen molar-refractivity contribution in [2.75, 3.05) is 12.4 Å². The van der Waals surface area contributed by atoms with Crippen LogP contribution in [0.5, 0.6) is 5.75 Å². The third-order valence-electron chi connectivity index (χ3n) is 5.80. The molecule has 4 aromatic carbocycles. The Labute approximate surface area is 208 Å². The first-order chi connectivity index (χ1) is 17.6. The lowest BCUT2D eigenvalue weighted by atomic mass is 10.0. The Morgan fingerprint density at radius 3 is 2.42 bits per heavy atom. The van der Waals surface area contributed by atoms with Gasteiger partial charge in [0.25, 0.3) is 5.91 Å². The maximum atomic E-state index is 13.2. The van der Waals surface area contributed by atoms with Crippen LogP contribution in [0.25, 0.3) is 23.1 Å². The number of nitrogens with one attached hydrogen (secondary N) is 2. The Balaban J connectivity index is 1.34. The van der Waals surface area contributed by atoms with Gasteiger partial charge in [-0.1, -0.05) is 60.7 Å². The van der Waals surface area contributed by atoms with Crippen molar-refractivity contribution in [2.24, 2.45) is 0 Å². The van der Waals surface area contributed by atoms with Crippen LogP contribution in [0.15, 0.2) is 97.1 Å². The average Bonchev–Trinajstić information content (AvgIpc) is 3.34. The zero-order chi connectivity index (χ0) is 24.9. The predicted molar refractivity (Wildman–Crippen MR) is 142 cm³/mol. The molecule has 0 fully saturated rings. The van der Waals surface area contributed by atoms with E-state index < -0.39 is 0 Å². The molecule has 36 heavy (non-hydrogen) atoms. The largest absolute Gasteiger partial charge is 0.497 e. The van der Waals surface area contributed by atoms with Crippen molar-refractivity contribution < 1.29 is 14.3 Å². The molecule has 0 radical (unpaired) electrons. The van der Waals surface area contributed by atoms with Crippen LogP contribution in [0.1, 0.15) is 37.5 Å². The molecule has 0 aliphatic rings. The molecule has 0 bridgehead atoms. The SMILES string of the molecule is COc1cccc(C(=O)Nc2cccc(C(=O)c3ccc4c(/C=C/c5ccccc5)n[nH]c4c3)c2)c1. The third-order valence-corrected chi connectivity index (χ3v) is 5.80. The molecule has 5 rings (SSSR count). The molecule has 0 aliphatic carbocycles. The second kappa shape index (κ2) is 10.1. The lowest BCUT2D eigenvalue weighted by Gasteiger charge is -2.08. The number of carbonyl (C=O) groups excluding carboxylic acids is 2. The van der Waals surface area contributed by atoms with E-state index in [9.17, 15) is 9.59 Å². The van der Waals surface area contributed by atoms with Gasteiger partial charge in [0, 0.05) is 27.8 Å². The lowest BCUT2D eigenvalue weighted by molar-refractivity contribution is 0.102. The average molecular weight is 474 g/mol. The fourth-order valence-corrected chi connectivity index (χ4v) is 3.92. The monoisotopic (exact) mass is 473 g/mol. The Kier molecular flexibility index (Phi) is 6.40. The summed E-state index contributed by atoms with van der Waals surface area (Å²) in [5.74, 6) is 0.165. The molecule has 6 heteroatoms. The minimum Gasteiger partial charge on any atom is -0.497 e. The van der Waals surface area contributed by atoms with Gasteiger partial charge in [0.15, 0.2) is 5.78 Å². The van der Waals surface area contributed by atoms with E-state index in [4.69, 9.17) is 4.74 Å². The Hall–Kier alpha value is -4.97. The van der Waals surface area contributed by atoms with E-state index in [0.29, 0.717) is 28.1 Å². The van der Waals surface area contributed by atoms with Crippen molar-refractivity contribution in [1.82, 2.24) is 10.2 Å². The van der Waals surface area contributed by atoms with Crippen LogP contribution < -0.4 is 10.1 Å². The second-order valence-corrected chi connectivity index (χ2v) is 8.21. The highest BCUT2D eigenvalue weighted by Gasteiger charge is 2.14. The highest BCUT2D eigenvalue weighted by molar-refractivity contribution is 6.12. The number of carbonyl (C=O) groups is 2. The molecule has 2 N–H and O–H groups in total. The van der Waals surface area contributed by atoms with Gasteiger partial charge in [-0.15, -0.1) is 0 Å². The van der Waals surface area contributed by atoms with E-state index in [-0.39, 0.29) is 11.7 Å². The van der Waals surface area contributed by atoms with Crippen LogP contribution in [0, 0.1) is 0 Å². The first-order valence-corrected chi connectivity index (χ1v) is 11.4. The zero-order valence-electron chi connectivity index (χ0n) is 19.6. The van der Waals surface area contributed by atoms with Crippen LogP contribution in [0.4, 0.5) is 5.69 Å². The molecule has 0 aliphatic heterocycles. The summed E-state index contributed by atoms with van der Waals surface area (Å²) in [6, 6.07) is 29.3. The number of methoxy groups -OCH3 is 1. The van der Waals surface area contributed by atoms with Crippen LogP contribution in [0.3, 0.4) is 0 Å². The molecule has 1 amide bonds. The number of nitrogens with zero attached hydrogens (tertiary/aromatic N) is 1. The highest BCUT2D eigenvalue weighted by Crippen LogP contribution is 2.23. The number of amides is 1. The van der Waals surface area contributed by atoms with E-state index in [1.807, 2.05) is 48.6 Å². The summed E-state index contributed by atoms with van der Waals surface area (Å²) in [7, 11) is 1.55. The smallest absolute Gasteiger partial charge is 0.255 e. The molecule has 0 unspecified atom stereocenters. The van der Waals surface area contributed by atoms with Crippen molar-refractivity contribution >= 4 is 40.4 Å². The number of hydrogen-bond acceptors (Lipinski definition) is 4. The number of H-pyrrole nitrogens is 1. The van der Waals surface area contributed by atoms with Gasteiger partial charge in [-0.25, -0.2) is 0 Å². The maximum absolute atomic E-state index is 13.2. The van der Waals surface area contributed by atoms with Crippen molar-refractivity contribution in [3.8, 4) is 5.75 Å². The number of ketones is 1. The summed E-state index contributed by atoms with van der Waals surface area (Å²) in [6.07, 6.45) is 3.95. The minimum atomic E-state index is -0.284. The fourth-order valence-electron chi connectivity index (χ4n) is 3.92. The van der Waals surface area contributed by atoms with E-state index >= 15 is 0 Å². The Morgan fingerprint density at radius 2 is 1.58 bits per heavy atom. The molecule has 0 spiro atoms. The number of anilines is 1. The first kappa shape index (κ1) is 22.8. The lowest BCUT2D eigenvalue weighted by Crippen LogP contribution is -2.12. The van der Waals surface area contributed by atoms with Gasteiger partial charge in [0.1, 0.15) is 5.75 Å². The molecule has 1 aromatic heterocycles. The maximum Gasteiger partial charge on any atom is 0.255 e. The van der Waals surface area contributed by atoms with E-state index in [2.05, 4.69) is 15.5 Å². The highest BCUT2D eigenvalue weighted by atomic mass is 16.5. The van der Waals surface area contributed by atoms with Crippen molar-refractivity contribution in [3.05, 3.63) is 125 Å². The number of aromatic nitrogens is 2. The molecule has 5 aromatic rings. The van der Waals surface area contributed by atoms with Crippen molar-refractivity contribution in [3.63, 3.8) is 0 Å². The first-order valence-electron chi connectivity index (χ1n) is 11.4. The topological polar surface area (TPSA) is 84.1 Å². The summed E-state index contributed by atoms with van der Waals surface area (Å²) in [5.41, 5.74) is 4.66. The van der Waals surface area contributed by atoms with E-state index in [0.717, 1.165) is 22.2 Å². The number of aromatic amines is 1. The quantitative estimate of drug-likeness (QED) is 0.275. The van der Waals surface area contributed by atoms with Crippen LogP contribution in [-0.4, -0.2) is 29.0 Å². The zero-order valence-corrected chi connectivity index (χ0v) is 19.6. The van der Waals surface area contributed by atoms with Gasteiger partial charge < -0.3 is 10.1 Å². The second-order valence-electron chi connectivity index (χ2n) is 8.21. The minimum absolute atomic E-state index is 0.148. The van der Waals surface area contributed by atoms with E-state index in [1.165, 1.54) is 0 Å². The third kappa shape index (κ3) is 4.93. The molecular formula is C30H23N3O3. The van der Waals surface area contributed by atoms with Gasteiger partial charge in [0.2, 0.25) is 0 Å². The predicted octanol–water partition coefficient (Wildman–Crippen LogP) is 6.23. The molecule has 1 heterocycles. The summed E-state index contributed by atoms with van der Waals surface area (Å²) in [6.45, 7) is 0. The van der Waals surface area contributed by atoms with Crippen LogP contribution in [-0.2, 0) is 0 Å². The molecule has 0 saturated heterocycles. The summed E-state index contributed by atoms with van der Waals surface area (Å²) < 4.78 is 5.19. The molecular weight excluding hydrogens is 450 g/mol. The Morgan fingerprint density at radius 1 is 0.806 bits per heavy atom. The van der Waals surface area contributed by atoms with Crippen molar-refractivity contribution in [2.45, 2.75) is 0 Å². The number of ether oxygens (including phenoxy) is 1. The van der Waals surface area contributed by atoms with Gasteiger partial charge in [-0.05, 0) is 54.1 Å². The van der Waals surface area contributed by atoms with Gasteiger partial charge >= 0.3 is 0 Å². The number of benzene rings is 4. The molecule has 176 valence electrons. The van der Waals surface area contributed by atoms with Crippen molar-refractivity contribution in [1.29, 1.82) is 0 Å². The normalized spacial score (nSPS) is 11.0. The standard InChI is InChI=1S/C30H23N3O3/c1-36-25-12-6-10-23(18-25)30(35)31-24-11-5-9-21(17-24)29(34)22-14-15-26-27(32-33-28(26)19-22)16-13-20-7-3-2-4-8-20/h2-19H,1H3,(H,31,35)(H,32,33)/b16-13+. The summed E-state index contributed by atoms with van der Waals surface area (Å²) >= 11 is 0. The van der Waals surface area contributed by atoms with E-state index in [1.54, 1.807) is 67.8 Å². The van der Waals surface area contributed by atoms with Gasteiger partial charge in [-0.3, -0.25) is 14.7 Å². The van der Waals surface area contributed by atoms with Gasteiger partial charge in [0.05, 0.1) is 18.3 Å². The summed E-state index contributed by atoms with van der Waals surface area (Å²) in [5, 5.41) is 11.2. The Bertz CT molecular complexity index is 1590. The summed E-state index contributed by atoms with van der Waals surface area (Å²) in [4.78, 5) is 25.9. The number of rotatable bonds is 7. The molecule has 0 atom stereocenters. The molecule has 6 nitrogen and oxygen atoms in total.